The highest BCUT2D eigenvalue weighted by atomic mass is 16.2. The van der Waals surface area contributed by atoms with Crippen molar-refractivity contribution < 1.29 is 4.79 Å². The summed E-state index contributed by atoms with van der Waals surface area (Å²) < 4.78 is 0. The second-order valence-corrected chi connectivity index (χ2v) is 6.90. The maximum atomic E-state index is 12.2. The molecule has 2 fully saturated rings. The van der Waals surface area contributed by atoms with Gasteiger partial charge in [-0.1, -0.05) is 30.3 Å². The minimum absolute atomic E-state index is 0.0490. The Kier molecular flexibility index (Phi) is 4.65. The molecule has 1 aliphatic heterocycles. The fourth-order valence-corrected chi connectivity index (χ4v) is 3.23. The smallest absolute Gasteiger partial charge is 0.270 e. The van der Waals surface area contributed by atoms with Crippen molar-refractivity contribution >= 4 is 11.6 Å². The lowest BCUT2D eigenvalue weighted by molar-refractivity contribution is 0.0946. The van der Waals surface area contributed by atoms with E-state index in [1.165, 1.54) is 5.56 Å². The molecule has 4 rings (SSSR count). The van der Waals surface area contributed by atoms with E-state index in [-0.39, 0.29) is 5.91 Å². The number of hydrogen-bond acceptors (Lipinski definition) is 4. The van der Waals surface area contributed by atoms with E-state index in [0.29, 0.717) is 11.7 Å². The quantitative estimate of drug-likeness (QED) is 0.910. The molecule has 2 aliphatic rings. The highest BCUT2D eigenvalue weighted by Crippen LogP contribution is 2.21. The largest absolute Gasteiger partial charge is 0.369 e. The number of amides is 1. The van der Waals surface area contributed by atoms with E-state index < -0.39 is 0 Å². The number of pyridine rings is 1. The third-order valence-electron chi connectivity index (χ3n) is 4.88. The van der Waals surface area contributed by atoms with Crippen molar-refractivity contribution in [3.8, 4) is 0 Å². The maximum absolute atomic E-state index is 12.2. The second kappa shape index (κ2) is 7.23. The van der Waals surface area contributed by atoms with E-state index in [9.17, 15) is 4.79 Å². The van der Waals surface area contributed by atoms with Gasteiger partial charge in [0.1, 0.15) is 5.69 Å². The van der Waals surface area contributed by atoms with Crippen molar-refractivity contribution in [2.45, 2.75) is 25.4 Å². The zero-order valence-electron chi connectivity index (χ0n) is 14.4. The Morgan fingerprint density at radius 3 is 2.56 bits per heavy atom. The topological polar surface area (TPSA) is 48.5 Å². The Hall–Kier alpha value is -2.40. The molecular weight excluding hydrogens is 312 g/mol. The van der Waals surface area contributed by atoms with Gasteiger partial charge in [0.2, 0.25) is 0 Å². The summed E-state index contributed by atoms with van der Waals surface area (Å²) in [5.74, 6) is -0.0490. The fraction of sp³-hybridized carbons (Fsp3) is 0.400. The van der Waals surface area contributed by atoms with Gasteiger partial charge in [-0.05, 0) is 30.5 Å². The number of nitrogens with zero attached hydrogens (tertiary/aromatic N) is 3. The molecule has 1 amide bonds. The molecule has 5 heteroatoms. The minimum Gasteiger partial charge on any atom is -0.369 e. The lowest BCUT2D eigenvalue weighted by Crippen LogP contribution is -2.46. The van der Waals surface area contributed by atoms with Gasteiger partial charge in [0.05, 0.1) is 0 Å². The van der Waals surface area contributed by atoms with Crippen LogP contribution in [0.1, 0.15) is 28.9 Å². The average molecular weight is 336 g/mol. The summed E-state index contributed by atoms with van der Waals surface area (Å²) in [6.45, 7) is 5.00. The van der Waals surface area contributed by atoms with Crippen LogP contribution in [0.2, 0.25) is 0 Å². The molecule has 0 bridgehead atoms. The summed E-state index contributed by atoms with van der Waals surface area (Å²) >= 11 is 0. The van der Waals surface area contributed by atoms with Crippen LogP contribution in [0, 0.1) is 0 Å². The molecule has 2 heterocycles. The highest BCUT2D eigenvalue weighted by molar-refractivity contribution is 5.93. The molecule has 5 nitrogen and oxygen atoms in total. The van der Waals surface area contributed by atoms with Crippen molar-refractivity contribution in [2.75, 3.05) is 31.1 Å². The molecule has 0 atom stereocenters. The van der Waals surface area contributed by atoms with Gasteiger partial charge in [0, 0.05) is 50.6 Å². The summed E-state index contributed by atoms with van der Waals surface area (Å²) in [5, 5.41) is 3.01. The van der Waals surface area contributed by atoms with Crippen LogP contribution in [0.25, 0.3) is 0 Å². The SMILES string of the molecule is O=C(NC1CC1)c1cc(N2CCN(Cc3ccccc3)CC2)ccn1. The maximum Gasteiger partial charge on any atom is 0.270 e. The predicted octanol–water partition coefficient (Wildman–Crippen LogP) is 2.30. The third kappa shape index (κ3) is 4.17. The van der Waals surface area contributed by atoms with Gasteiger partial charge in [-0.15, -0.1) is 0 Å². The van der Waals surface area contributed by atoms with Crippen molar-refractivity contribution in [1.29, 1.82) is 0 Å². The van der Waals surface area contributed by atoms with Crippen molar-refractivity contribution in [3.05, 3.63) is 59.9 Å². The van der Waals surface area contributed by atoms with E-state index >= 15 is 0 Å². The number of hydrogen-bond donors (Lipinski definition) is 1. The molecule has 0 spiro atoms. The summed E-state index contributed by atoms with van der Waals surface area (Å²) in [6.07, 6.45) is 3.93. The zero-order valence-corrected chi connectivity index (χ0v) is 14.4. The van der Waals surface area contributed by atoms with Gasteiger partial charge < -0.3 is 10.2 Å². The number of carbonyl (C=O) groups is 1. The summed E-state index contributed by atoms with van der Waals surface area (Å²) in [7, 11) is 0. The molecule has 1 saturated carbocycles. The number of benzene rings is 1. The van der Waals surface area contributed by atoms with Gasteiger partial charge in [0.25, 0.3) is 5.91 Å². The number of piperazine rings is 1. The molecule has 1 aromatic heterocycles. The van der Waals surface area contributed by atoms with Crippen LogP contribution in [-0.2, 0) is 6.54 Å². The molecule has 1 N–H and O–H groups in total. The second-order valence-electron chi connectivity index (χ2n) is 6.90. The van der Waals surface area contributed by atoms with E-state index in [1.807, 2.05) is 12.1 Å². The molecule has 25 heavy (non-hydrogen) atoms. The van der Waals surface area contributed by atoms with Gasteiger partial charge in [-0.25, -0.2) is 0 Å². The Balaban J connectivity index is 1.35. The summed E-state index contributed by atoms with van der Waals surface area (Å²) in [5.41, 5.74) is 2.98. The Morgan fingerprint density at radius 2 is 1.84 bits per heavy atom. The van der Waals surface area contributed by atoms with Crippen LogP contribution in [-0.4, -0.2) is 48.0 Å². The van der Waals surface area contributed by atoms with Gasteiger partial charge >= 0.3 is 0 Å². The molecule has 1 saturated heterocycles. The standard InChI is InChI=1S/C20H24N4O/c25-20(22-17-6-7-17)19-14-18(8-9-21-19)24-12-10-23(11-13-24)15-16-4-2-1-3-5-16/h1-5,8-9,14,17H,6-7,10-13,15H2,(H,22,25). The number of nitrogens with one attached hydrogen (secondary N) is 1. The Labute approximate surface area is 148 Å². The molecule has 1 aliphatic carbocycles. The molecule has 2 aromatic rings. The first kappa shape index (κ1) is 16.1. The van der Waals surface area contributed by atoms with Crippen molar-refractivity contribution in [3.63, 3.8) is 0 Å². The number of carbonyl (C=O) groups excluding carboxylic acids is 1. The number of rotatable bonds is 5. The monoisotopic (exact) mass is 336 g/mol. The Morgan fingerprint density at radius 1 is 1.08 bits per heavy atom. The third-order valence-corrected chi connectivity index (χ3v) is 4.88. The van der Waals surface area contributed by atoms with E-state index in [4.69, 9.17) is 0 Å². The minimum atomic E-state index is -0.0490. The van der Waals surface area contributed by atoms with Crippen LogP contribution in [0.15, 0.2) is 48.7 Å². The van der Waals surface area contributed by atoms with Crippen LogP contribution in [0.4, 0.5) is 5.69 Å². The van der Waals surface area contributed by atoms with Crippen LogP contribution >= 0.6 is 0 Å². The van der Waals surface area contributed by atoms with Gasteiger partial charge in [-0.3, -0.25) is 14.7 Å². The molecule has 0 unspecified atom stereocenters. The Bertz CT molecular complexity index is 721. The molecule has 1 aromatic carbocycles. The van der Waals surface area contributed by atoms with Crippen LogP contribution in [0.3, 0.4) is 0 Å². The lowest BCUT2D eigenvalue weighted by Gasteiger charge is -2.36. The first-order valence-electron chi connectivity index (χ1n) is 9.06. The molecular formula is C20H24N4O. The first-order valence-corrected chi connectivity index (χ1v) is 9.06. The summed E-state index contributed by atoms with van der Waals surface area (Å²) in [6, 6.07) is 14.9. The van der Waals surface area contributed by atoms with Crippen molar-refractivity contribution in [1.82, 2.24) is 15.2 Å². The highest BCUT2D eigenvalue weighted by Gasteiger charge is 2.25. The van der Waals surface area contributed by atoms with E-state index in [1.54, 1.807) is 6.20 Å². The van der Waals surface area contributed by atoms with Crippen molar-refractivity contribution in [2.24, 2.45) is 0 Å². The normalized spacial score (nSPS) is 18.2. The fourth-order valence-electron chi connectivity index (χ4n) is 3.23. The molecule has 0 radical (unpaired) electrons. The van der Waals surface area contributed by atoms with E-state index in [2.05, 4.69) is 50.4 Å². The average Bonchev–Trinajstić information content (AvgIpc) is 3.47. The van der Waals surface area contributed by atoms with Gasteiger partial charge in [-0.2, -0.15) is 0 Å². The number of aromatic nitrogens is 1. The summed E-state index contributed by atoms with van der Waals surface area (Å²) in [4.78, 5) is 21.2. The lowest BCUT2D eigenvalue weighted by atomic mass is 10.2. The van der Waals surface area contributed by atoms with Gasteiger partial charge in [0.15, 0.2) is 0 Å². The first-order chi connectivity index (χ1) is 12.3. The zero-order chi connectivity index (χ0) is 17.1. The van der Waals surface area contributed by atoms with E-state index in [0.717, 1.165) is 51.3 Å². The molecule has 130 valence electrons. The predicted molar refractivity (Wildman–Crippen MR) is 98.7 cm³/mol. The van der Waals surface area contributed by atoms with Crippen LogP contribution < -0.4 is 10.2 Å². The van der Waals surface area contributed by atoms with Crippen LogP contribution in [0.5, 0.6) is 0 Å². The number of anilines is 1.